The van der Waals surface area contributed by atoms with Crippen LogP contribution in [0.1, 0.15) is 19.8 Å². The minimum Gasteiger partial charge on any atom is -0.385 e. The molecule has 0 saturated heterocycles. The molecule has 0 rings (SSSR count). The van der Waals surface area contributed by atoms with E-state index in [0.717, 1.165) is 19.1 Å². The predicted octanol–water partition coefficient (Wildman–Crippen LogP) is 1.25. The molecule has 0 N–H and O–H groups in total. The van der Waals surface area contributed by atoms with Crippen LogP contribution in [0.3, 0.4) is 0 Å². The highest BCUT2D eigenvalue weighted by Gasteiger charge is 2.01. The molecular weight excluding hydrogens is 116 g/mol. The van der Waals surface area contributed by atoms with Crippen molar-refractivity contribution in [2.75, 3.05) is 13.7 Å². The first-order valence-corrected chi connectivity index (χ1v) is 3.29. The fraction of sp³-hybridized carbons (Fsp3) is 0.857. The van der Waals surface area contributed by atoms with Crippen LogP contribution in [0.25, 0.3) is 0 Å². The van der Waals surface area contributed by atoms with Gasteiger partial charge >= 0.3 is 0 Å². The first kappa shape index (κ1) is 8.63. The Morgan fingerprint density at radius 3 is 2.67 bits per heavy atom. The van der Waals surface area contributed by atoms with E-state index in [1.165, 1.54) is 0 Å². The van der Waals surface area contributed by atoms with Gasteiger partial charge in [-0.1, -0.05) is 6.92 Å². The standard InChI is InChI=1S/C7H14O2/c1-3-7(6-8)4-5-9-2/h6-7H,3-5H2,1-2H3. The number of methoxy groups -OCH3 is 1. The second kappa shape index (κ2) is 5.76. The van der Waals surface area contributed by atoms with E-state index in [1.807, 2.05) is 6.92 Å². The quantitative estimate of drug-likeness (QED) is 0.523. The highest BCUT2D eigenvalue weighted by Crippen LogP contribution is 2.03. The molecule has 0 bridgehead atoms. The molecule has 0 radical (unpaired) electrons. The molecule has 0 amide bonds. The third kappa shape index (κ3) is 4.15. The lowest BCUT2D eigenvalue weighted by atomic mass is 10.1. The van der Waals surface area contributed by atoms with Crippen molar-refractivity contribution < 1.29 is 9.53 Å². The van der Waals surface area contributed by atoms with Crippen LogP contribution in [0.15, 0.2) is 0 Å². The molecule has 0 aromatic heterocycles. The summed E-state index contributed by atoms with van der Waals surface area (Å²) in [5.74, 6) is 0.199. The monoisotopic (exact) mass is 130 g/mol. The van der Waals surface area contributed by atoms with Gasteiger partial charge in [0.25, 0.3) is 0 Å². The zero-order chi connectivity index (χ0) is 7.11. The van der Waals surface area contributed by atoms with E-state index < -0.39 is 0 Å². The molecule has 0 aliphatic carbocycles. The molecule has 0 aliphatic rings. The molecule has 9 heavy (non-hydrogen) atoms. The molecule has 0 aromatic carbocycles. The number of rotatable bonds is 5. The van der Waals surface area contributed by atoms with E-state index in [9.17, 15) is 4.79 Å². The lowest BCUT2D eigenvalue weighted by Crippen LogP contribution is -2.03. The van der Waals surface area contributed by atoms with Crippen LogP contribution in [0.5, 0.6) is 0 Å². The third-order valence-corrected chi connectivity index (χ3v) is 1.41. The van der Waals surface area contributed by atoms with Crippen LogP contribution in [-0.4, -0.2) is 20.0 Å². The highest BCUT2D eigenvalue weighted by molar-refractivity contribution is 5.53. The highest BCUT2D eigenvalue weighted by atomic mass is 16.5. The fourth-order valence-corrected chi connectivity index (χ4v) is 0.638. The SMILES string of the molecule is CCC(C=O)CCOC. The maximum absolute atomic E-state index is 10.2. The van der Waals surface area contributed by atoms with Gasteiger partial charge in [-0.15, -0.1) is 0 Å². The van der Waals surface area contributed by atoms with Crippen LogP contribution >= 0.6 is 0 Å². The zero-order valence-corrected chi connectivity index (χ0v) is 6.09. The molecule has 2 heteroatoms. The van der Waals surface area contributed by atoms with Gasteiger partial charge in [-0.05, 0) is 12.8 Å². The average molecular weight is 130 g/mol. The smallest absolute Gasteiger partial charge is 0.123 e. The van der Waals surface area contributed by atoms with Gasteiger partial charge in [0.2, 0.25) is 0 Å². The second-order valence-corrected chi connectivity index (χ2v) is 2.09. The Balaban J connectivity index is 3.20. The summed E-state index contributed by atoms with van der Waals surface area (Å²) < 4.78 is 4.82. The minimum atomic E-state index is 0.199. The van der Waals surface area contributed by atoms with Gasteiger partial charge in [-0.3, -0.25) is 0 Å². The van der Waals surface area contributed by atoms with Crippen LogP contribution < -0.4 is 0 Å². The number of hydrogen-bond donors (Lipinski definition) is 0. The summed E-state index contributed by atoms with van der Waals surface area (Å²) in [5, 5.41) is 0. The third-order valence-electron chi connectivity index (χ3n) is 1.41. The molecule has 54 valence electrons. The Labute approximate surface area is 56.2 Å². The average Bonchev–Trinajstić information content (AvgIpc) is 1.91. The van der Waals surface area contributed by atoms with E-state index in [0.29, 0.717) is 6.61 Å². The van der Waals surface area contributed by atoms with Crippen molar-refractivity contribution in [3.05, 3.63) is 0 Å². The van der Waals surface area contributed by atoms with Crippen LogP contribution in [0.2, 0.25) is 0 Å². The predicted molar refractivity (Wildman–Crippen MR) is 36.3 cm³/mol. The molecule has 1 atom stereocenters. The lowest BCUT2D eigenvalue weighted by Gasteiger charge is -2.03. The largest absolute Gasteiger partial charge is 0.385 e. The molecular formula is C7H14O2. The van der Waals surface area contributed by atoms with E-state index in [4.69, 9.17) is 4.74 Å². The van der Waals surface area contributed by atoms with Crippen LogP contribution in [0.4, 0.5) is 0 Å². The van der Waals surface area contributed by atoms with Crippen molar-refractivity contribution in [3.8, 4) is 0 Å². The number of aldehydes is 1. The van der Waals surface area contributed by atoms with Gasteiger partial charge < -0.3 is 9.53 Å². The van der Waals surface area contributed by atoms with Crippen molar-refractivity contribution in [3.63, 3.8) is 0 Å². The summed E-state index contributed by atoms with van der Waals surface area (Å²) in [5.41, 5.74) is 0. The summed E-state index contributed by atoms with van der Waals surface area (Å²) >= 11 is 0. The van der Waals surface area contributed by atoms with E-state index in [2.05, 4.69) is 0 Å². The number of carbonyl (C=O) groups is 1. The van der Waals surface area contributed by atoms with Gasteiger partial charge in [0.1, 0.15) is 6.29 Å². The topological polar surface area (TPSA) is 26.3 Å². The molecule has 0 fully saturated rings. The molecule has 1 unspecified atom stereocenters. The maximum Gasteiger partial charge on any atom is 0.123 e. The minimum absolute atomic E-state index is 0.199. The Kier molecular flexibility index (Phi) is 5.52. The van der Waals surface area contributed by atoms with Gasteiger partial charge in [-0.2, -0.15) is 0 Å². The van der Waals surface area contributed by atoms with Gasteiger partial charge in [-0.25, -0.2) is 0 Å². The fourth-order valence-electron chi connectivity index (χ4n) is 0.638. The van der Waals surface area contributed by atoms with Crippen molar-refractivity contribution in [2.45, 2.75) is 19.8 Å². The summed E-state index contributed by atoms with van der Waals surface area (Å²) in [4.78, 5) is 10.2. The Bertz CT molecular complexity index is 71.3. The second-order valence-electron chi connectivity index (χ2n) is 2.09. The Morgan fingerprint density at radius 1 is 1.67 bits per heavy atom. The Hall–Kier alpha value is -0.370. The first-order chi connectivity index (χ1) is 4.35. The van der Waals surface area contributed by atoms with Gasteiger partial charge in [0, 0.05) is 19.6 Å². The number of ether oxygens (including phenoxy) is 1. The maximum atomic E-state index is 10.2. The van der Waals surface area contributed by atoms with Gasteiger partial charge in [0.15, 0.2) is 0 Å². The summed E-state index contributed by atoms with van der Waals surface area (Å²) in [6, 6.07) is 0. The molecule has 0 saturated carbocycles. The molecule has 0 spiro atoms. The first-order valence-electron chi connectivity index (χ1n) is 3.29. The molecule has 2 nitrogen and oxygen atoms in total. The van der Waals surface area contributed by atoms with E-state index in [-0.39, 0.29) is 5.92 Å². The number of hydrogen-bond acceptors (Lipinski definition) is 2. The van der Waals surface area contributed by atoms with Crippen molar-refractivity contribution in [1.29, 1.82) is 0 Å². The molecule has 0 aromatic rings. The van der Waals surface area contributed by atoms with Crippen molar-refractivity contribution >= 4 is 6.29 Å². The Morgan fingerprint density at radius 2 is 2.33 bits per heavy atom. The van der Waals surface area contributed by atoms with Crippen LogP contribution in [0, 0.1) is 5.92 Å². The van der Waals surface area contributed by atoms with Crippen molar-refractivity contribution in [1.82, 2.24) is 0 Å². The summed E-state index contributed by atoms with van der Waals surface area (Å²) in [6.07, 6.45) is 2.78. The molecule has 0 aliphatic heterocycles. The molecule has 0 heterocycles. The number of carbonyl (C=O) groups excluding carboxylic acids is 1. The lowest BCUT2D eigenvalue weighted by molar-refractivity contribution is -0.111. The van der Waals surface area contributed by atoms with Crippen LogP contribution in [-0.2, 0) is 9.53 Å². The van der Waals surface area contributed by atoms with Gasteiger partial charge in [0.05, 0.1) is 0 Å². The normalized spacial score (nSPS) is 13.1. The summed E-state index contributed by atoms with van der Waals surface area (Å²) in [6.45, 7) is 2.70. The zero-order valence-electron chi connectivity index (χ0n) is 6.09. The van der Waals surface area contributed by atoms with E-state index >= 15 is 0 Å². The van der Waals surface area contributed by atoms with E-state index in [1.54, 1.807) is 7.11 Å². The summed E-state index contributed by atoms with van der Waals surface area (Å²) in [7, 11) is 1.65. The van der Waals surface area contributed by atoms with Crippen molar-refractivity contribution in [2.24, 2.45) is 5.92 Å².